The molecule has 6 atom stereocenters. The quantitative estimate of drug-likeness (QED) is 0.338. The first-order valence-corrected chi connectivity index (χ1v) is 15.7. The van der Waals surface area contributed by atoms with Gasteiger partial charge in [-0.2, -0.15) is 4.31 Å². The van der Waals surface area contributed by atoms with E-state index in [4.69, 9.17) is 23.2 Å². The predicted molar refractivity (Wildman–Crippen MR) is 153 cm³/mol. The lowest BCUT2D eigenvalue weighted by atomic mass is 9.70. The standard InChI is InChI=1S/C29H36Cl2N2O5S/c1-17(18(2)28(19-7-10-22(30)11-8-19)33(3)39(37,38)24-12-13-24)27-25(20-5-4-6-23(31)15-20)16-21(29(36)32-27)9-14-26(34)35/h4-8,10-11,15,17-18,21,24-25,27-28H,9,12-14,16H2,1-3H3,(H,32,36)(H,34,35)/t17?,18?,21-,25+,27-,28?/m1/s1. The van der Waals surface area contributed by atoms with E-state index in [1.54, 1.807) is 25.2 Å². The maximum Gasteiger partial charge on any atom is 0.303 e. The van der Waals surface area contributed by atoms with Gasteiger partial charge in [-0.1, -0.05) is 61.3 Å². The summed E-state index contributed by atoms with van der Waals surface area (Å²) in [7, 11) is -1.85. The number of carboxylic acid groups (broad SMARTS) is 1. The summed E-state index contributed by atoms with van der Waals surface area (Å²) in [5.41, 5.74) is 1.81. The second-order valence-electron chi connectivity index (χ2n) is 11.0. The van der Waals surface area contributed by atoms with Crippen LogP contribution in [0, 0.1) is 17.8 Å². The number of carbonyl (C=O) groups excluding carboxylic acids is 1. The molecule has 39 heavy (non-hydrogen) atoms. The number of aliphatic carboxylic acids is 1. The highest BCUT2D eigenvalue weighted by Gasteiger charge is 2.46. The smallest absolute Gasteiger partial charge is 0.303 e. The molecule has 10 heteroatoms. The van der Waals surface area contributed by atoms with Crippen molar-refractivity contribution in [2.75, 3.05) is 7.05 Å². The highest BCUT2D eigenvalue weighted by Crippen LogP contribution is 2.44. The number of hydrogen-bond acceptors (Lipinski definition) is 4. The zero-order valence-electron chi connectivity index (χ0n) is 22.4. The van der Waals surface area contributed by atoms with Crippen molar-refractivity contribution in [2.45, 2.75) is 69.2 Å². The fourth-order valence-electron chi connectivity index (χ4n) is 5.95. The number of piperidine rings is 1. The third-order valence-electron chi connectivity index (χ3n) is 8.48. The Morgan fingerprint density at radius 1 is 1.10 bits per heavy atom. The van der Waals surface area contributed by atoms with E-state index in [9.17, 15) is 23.1 Å². The number of benzene rings is 2. The SMILES string of the molecule is CC(C(C)[C@H]1NC(=O)[C@H](CCC(=O)O)C[C@H]1c1cccc(Cl)c1)C(c1ccc(Cl)cc1)N(C)S(=O)(=O)C1CC1. The van der Waals surface area contributed by atoms with E-state index >= 15 is 0 Å². The first-order valence-electron chi connectivity index (χ1n) is 13.4. The van der Waals surface area contributed by atoms with E-state index in [1.807, 2.05) is 44.2 Å². The topological polar surface area (TPSA) is 104 Å². The summed E-state index contributed by atoms with van der Waals surface area (Å²) in [6.45, 7) is 4.08. The molecule has 1 saturated carbocycles. The van der Waals surface area contributed by atoms with E-state index in [0.29, 0.717) is 29.3 Å². The van der Waals surface area contributed by atoms with Crippen LogP contribution in [0.5, 0.6) is 0 Å². The lowest BCUT2D eigenvalue weighted by Gasteiger charge is -2.44. The monoisotopic (exact) mass is 594 g/mol. The molecule has 0 spiro atoms. The molecule has 212 valence electrons. The van der Waals surface area contributed by atoms with E-state index < -0.39 is 28.0 Å². The van der Waals surface area contributed by atoms with Crippen LogP contribution in [0.3, 0.4) is 0 Å². The second kappa shape index (κ2) is 12.2. The van der Waals surface area contributed by atoms with Crippen molar-refractivity contribution >= 4 is 45.1 Å². The van der Waals surface area contributed by atoms with Gasteiger partial charge in [-0.05, 0) is 72.9 Å². The average molecular weight is 596 g/mol. The molecule has 1 amide bonds. The molecule has 2 aliphatic rings. The van der Waals surface area contributed by atoms with Crippen LogP contribution in [0.4, 0.5) is 0 Å². The second-order valence-corrected chi connectivity index (χ2v) is 14.2. The van der Waals surface area contributed by atoms with Gasteiger partial charge in [0.15, 0.2) is 0 Å². The molecule has 0 radical (unpaired) electrons. The molecular formula is C29H36Cl2N2O5S. The summed E-state index contributed by atoms with van der Waals surface area (Å²) >= 11 is 12.5. The largest absolute Gasteiger partial charge is 0.481 e. The minimum absolute atomic E-state index is 0.0839. The van der Waals surface area contributed by atoms with Crippen molar-refractivity contribution in [1.29, 1.82) is 0 Å². The molecule has 1 saturated heterocycles. The number of carbonyl (C=O) groups is 2. The molecule has 2 aromatic carbocycles. The number of nitrogens with zero attached hydrogens (tertiary/aromatic N) is 1. The Labute approximate surface area is 240 Å². The van der Waals surface area contributed by atoms with Gasteiger partial charge in [-0.25, -0.2) is 8.42 Å². The number of hydrogen-bond donors (Lipinski definition) is 2. The first kappa shape index (κ1) is 29.8. The normalized spacial score (nSPS) is 24.2. The van der Waals surface area contributed by atoms with E-state index in [0.717, 1.165) is 11.1 Å². The summed E-state index contributed by atoms with van der Waals surface area (Å²) in [6.07, 6.45) is 1.99. The van der Waals surface area contributed by atoms with Crippen LogP contribution < -0.4 is 5.32 Å². The van der Waals surface area contributed by atoms with Gasteiger partial charge in [-0.15, -0.1) is 0 Å². The third kappa shape index (κ3) is 6.79. The van der Waals surface area contributed by atoms with Crippen molar-refractivity contribution in [1.82, 2.24) is 9.62 Å². The molecule has 1 aliphatic carbocycles. The van der Waals surface area contributed by atoms with Gasteiger partial charge in [0.25, 0.3) is 0 Å². The Kier molecular flexibility index (Phi) is 9.31. The lowest BCUT2D eigenvalue weighted by Crippen LogP contribution is -2.53. The van der Waals surface area contributed by atoms with Crippen LogP contribution in [0.15, 0.2) is 48.5 Å². The Bertz CT molecular complexity index is 1300. The third-order valence-corrected chi connectivity index (χ3v) is 11.3. The molecule has 2 aromatic rings. The molecular weight excluding hydrogens is 559 g/mol. The lowest BCUT2D eigenvalue weighted by molar-refractivity contribution is -0.138. The summed E-state index contributed by atoms with van der Waals surface area (Å²) in [5, 5.41) is 13.2. The average Bonchev–Trinajstić information content (AvgIpc) is 3.75. The van der Waals surface area contributed by atoms with E-state index in [-0.39, 0.29) is 47.8 Å². The van der Waals surface area contributed by atoms with Gasteiger partial charge in [0.1, 0.15) is 0 Å². The molecule has 2 N–H and O–H groups in total. The summed E-state index contributed by atoms with van der Waals surface area (Å²) in [4.78, 5) is 24.4. The van der Waals surface area contributed by atoms with Crippen LogP contribution in [0.2, 0.25) is 10.0 Å². The van der Waals surface area contributed by atoms with E-state index in [2.05, 4.69) is 5.32 Å². The Morgan fingerprint density at radius 2 is 1.77 bits per heavy atom. The molecule has 1 aliphatic heterocycles. The number of rotatable bonds is 11. The van der Waals surface area contributed by atoms with E-state index in [1.165, 1.54) is 4.31 Å². The van der Waals surface area contributed by atoms with Crippen LogP contribution in [-0.4, -0.2) is 48.0 Å². The Balaban J connectivity index is 1.69. The van der Waals surface area contributed by atoms with Crippen molar-refractivity contribution < 1.29 is 23.1 Å². The number of carboxylic acids is 1. The molecule has 7 nitrogen and oxygen atoms in total. The molecule has 0 aromatic heterocycles. The Hall–Kier alpha value is -2.13. The molecule has 2 fully saturated rings. The van der Waals surface area contributed by atoms with Gasteiger partial charge in [0.05, 0.1) is 11.3 Å². The summed E-state index contributed by atoms with van der Waals surface area (Å²) in [5.74, 6) is -1.98. The van der Waals surface area contributed by atoms with Crippen molar-refractivity contribution in [3.63, 3.8) is 0 Å². The molecule has 3 unspecified atom stereocenters. The summed E-state index contributed by atoms with van der Waals surface area (Å²) < 4.78 is 28.3. The highest BCUT2D eigenvalue weighted by atomic mass is 35.5. The highest BCUT2D eigenvalue weighted by molar-refractivity contribution is 7.90. The van der Waals surface area contributed by atoms with Crippen LogP contribution in [0.25, 0.3) is 0 Å². The number of nitrogens with one attached hydrogen (secondary N) is 1. The van der Waals surface area contributed by atoms with Crippen molar-refractivity contribution in [3.8, 4) is 0 Å². The number of amides is 1. The van der Waals surface area contributed by atoms with Gasteiger partial charge in [0, 0.05) is 41.4 Å². The minimum Gasteiger partial charge on any atom is -0.481 e. The maximum absolute atomic E-state index is 13.4. The zero-order chi connectivity index (χ0) is 28.5. The molecule has 0 bridgehead atoms. The van der Waals surface area contributed by atoms with Crippen LogP contribution >= 0.6 is 23.2 Å². The number of sulfonamides is 1. The fraction of sp³-hybridized carbons (Fsp3) is 0.517. The van der Waals surface area contributed by atoms with Gasteiger partial charge in [-0.3, -0.25) is 9.59 Å². The summed E-state index contributed by atoms with van der Waals surface area (Å²) in [6, 6.07) is 14.0. The van der Waals surface area contributed by atoms with Gasteiger partial charge < -0.3 is 10.4 Å². The minimum atomic E-state index is -3.50. The van der Waals surface area contributed by atoms with Gasteiger partial charge >= 0.3 is 5.97 Å². The Morgan fingerprint density at radius 3 is 2.36 bits per heavy atom. The van der Waals surface area contributed by atoms with Crippen molar-refractivity contribution in [2.24, 2.45) is 17.8 Å². The number of halogens is 2. The maximum atomic E-state index is 13.4. The van der Waals surface area contributed by atoms with Crippen molar-refractivity contribution in [3.05, 3.63) is 69.7 Å². The molecule has 4 rings (SSSR count). The van der Waals surface area contributed by atoms with Gasteiger partial charge in [0.2, 0.25) is 15.9 Å². The first-order chi connectivity index (χ1) is 18.4. The predicted octanol–water partition coefficient (Wildman–Crippen LogP) is 5.88. The van der Waals surface area contributed by atoms with Crippen LogP contribution in [0.1, 0.15) is 69.0 Å². The fourth-order valence-corrected chi connectivity index (χ4v) is 8.10. The van der Waals surface area contributed by atoms with Crippen LogP contribution in [-0.2, 0) is 19.6 Å². The zero-order valence-corrected chi connectivity index (χ0v) is 24.7. The molecule has 1 heterocycles.